The normalized spacial score (nSPS) is 11.7. The lowest BCUT2D eigenvalue weighted by atomic mass is 10.0. The maximum atomic E-state index is 14.8. The standard InChI is InChI=1S/C45H29N3O.C39H25N3O.C33H22N2O/c49-45-39-29-32(31-24-26-41-38(28-31)35-20-12-13-23-40(35)46(41)33-16-6-2-7-17-33)25-27-42(39)48-43(30-14-4-1-5-15-30)36-21-10-11-22-37(36)44(48)47(45)34-18-8-3-9-19-34;43-39-34-24-27(26-20-22-37-33(23-26)32-17-9-10-18-36(32)41(37)29-12-3-1-4-13-29)19-21-35(34)40-25-28-11-7-8-16-31(28)38(40)42(39)30-14-5-2-6-15-30;36-33-29-22-25(23-12-4-1-5-13-23)20-21-30(29)35-31(24-14-6-2-7-15-24)27-18-10-11-19-28(27)32(35)34(33)26-16-8-3-9-17-26/h1-29H;1-25H;1-22H. The summed E-state index contributed by atoms with van der Waals surface area (Å²) in [7, 11) is 0. The van der Waals surface area contributed by atoms with Crippen molar-refractivity contribution in [3.05, 3.63) is 492 Å². The molecule has 0 bridgehead atoms. The Bertz CT molecular complexity index is 9110. The minimum atomic E-state index is -0.0415. The molecule has 0 amide bonds. The van der Waals surface area contributed by atoms with Gasteiger partial charge in [0.1, 0.15) is 16.9 Å². The molecule has 0 fully saturated rings. The maximum absolute atomic E-state index is 14.8. The molecule has 26 rings (SSSR count). The largest absolute Gasteiger partial charge is 0.309 e. The van der Waals surface area contributed by atoms with Crippen LogP contribution in [0.1, 0.15) is 0 Å². The summed E-state index contributed by atoms with van der Waals surface area (Å²) in [4.78, 5) is 43.4. The summed E-state index contributed by atoms with van der Waals surface area (Å²) in [5, 5.41) is 13.3. The van der Waals surface area contributed by atoms with Crippen molar-refractivity contribution in [1.82, 2.24) is 36.0 Å². The van der Waals surface area contributed by atoms with Crippen LogP contribution in [-0.4, -0.2) is 36.0 Å². The van der Waals surface area contributed by atoms with E-state index in [1.54, 1.807) is 0 Å². The molecule has 0 unspecified atom stereocenters. The van der Waals surface area contributed by atoms with Crippen molar-refractivity contribution >= 4 is 126 Å². The van der Waals surface area contributed by atoms with Gasteiger partial charge < -0.3 is 13.5 Å². The smallest absolute Gasteiger partial charge is 0.266 e. The molecule has 0 aliphatic rings. The van der Waals surface area contributed by atoms with Crippen LogP contribution in [0.15, 0.2) is 476 Å². The predicted octanol–water partition coefficient (Wildman–Crippen LogP) is 27.7. The summed E-state index contributed by atoms with van der Waals surface area (Å²) in [5.41, 5.74) is 25.3. The van der Waals surface area contributed by atoms with E-state index in [9.17, 15) is 14.4 Å². The van der Waals surface area contributed by atoms with Gasteiger partial charge in [0.15, 0.2) is 0 Å². The van der Waals surface area contributed by atoms with Crippen molar-refractivity contribution in [2.24, 2.45) is 0 Å². The highest BCUT2D eigenvalue weighted by molar-refractivity contribution is 6.14. The second kappa shape index (κ2) is 30.6. The first kappa shape index (κ1) is 74.4. The molecule has 0 radical (unpaired) electrons. The molecule has 8 heterocycles. The van der Waals surface area contributed by atoms with Crippen molar-refractivity contribution < 1.29 is 0 Å². The van der Waals surface area contributed by atoms with Gasteiger partial charge in [0, 0.05) is 71.4 Å². The molecule has 0 aliphatic carbocycles. The minimum Gasteiger partial charge on any atom is -0.309 e. The van der Waals surface area contributed by atoms with Gasteiger partial charge >= 0.3 is 0 Å². The number of fused-ring (bicyclic) bond motifs is 21. The zero-order chi connectivity index (χ0) is 85.0. The fourth-order valence-corrected chi connectivity index (χ4v) is 19.7. The number of rotatable bonds is 10. The minimum absolute atomic E-state index is 0.0238. The third kappa shape index (κ3) is 12.1. The number of para-hydroxylation sites is 7. The number of aromatic nitrogens is 8. The van der Waals surface area contributed by atoms with Crippen LogP contribution >= 0.6 is 0 Å². The Labute approximate surface area is 733 Å². The molecule has 0 saturated carbocycles. The molecule has 11 nitrogen and oxygen atoms in total. The first-order valence-electron chi connectivity index (χ1n) is 43.2. The van der Waals surface area contributed by atoms with Crippen LogP contribution in [0.25, 0.3) is 210 Å². The van der Waals surface area contributed by atoms with Crippen LogP contribution in [0.4, 0.5) is 0 Å². The molecule has 0 aliphatic heterocycles. The zero-order valence-electron chi connectivity index (χ0n) is 69.2. The van der Waals surface area contributed by atoms with E-state index in [2.05, 4.69) is 326 Å². The zero-order valence-corrected chi connectivity index (χ0v) is 69.2. The van der Waals surface area contributed by atoms with E-state index in [-0.39, 0.29) is 16.7 Å². The predicted molar refractivity (Wildman–Crippen MR) is 530 cm³/mol. The van der Waals surface area contributed by atoms with E-state index < -0.39 is 0 Å². The second-order valence-corrected chi connectivity index (χ2v) is 32.6. The summed E-state index contributed by atoms with van der Waals surface area (Å²) in [6, 6.07) is 156. The third-order valence-electron chi connectivity index (χ3n) is 25.4. The number of benzene rings is 18. The topological polar surface area (TPSA) is 89.1 Å². The quantitative estimate of drug-likeness (QED) is 0.137. The monoisotopic (exact) mass is 1640 g/mol. The molecule has 26 aromatic rings. The lowest BCUT2D eigenvalue weighted by Crippen LogP contribution is -2.21. The molecule has 602 valence electrons. The van der Waals surface area contributed by atoms with Crippen LogP contribution in [-0.2, 0) is 0 Å². The highest BCUT2D eigenvalue weighted by Crippen LogP contribution is 2.44. The molecule has 0 spiro atoms. The van der Waals surface area contributed by atoms with Gasteiger partial charge in [-0.15, -0.1) is 0 Å². The molecule has 8 aromatic heterocycles. The lowest BCUT2D eigenvalue weighted by Gasteiger charge is -2.15. The van der Waals surface area contributed by atoms with Crippen molar-refractivity contribution in [2.45, 2.75) is 0 Å². The van der Waals surface area contributed by atoms with Crippen LogP contribution in [0.3, 0.4) is 0 Å². The molecule has 128 heavy (non-hydrogen) atoms. The van der Waals surface area contributed by atoms with Crippen LogP contribution in [0.5, 0.6) is 0 Å². The van der Waals surface area contributed by atoms with Gasteiger partial charge in [-0.25, -0.2) is 0 Å². The lowest BCUT2D eigenvalue weighted by molar-refractivity contribution is 1.00. The van der Waals surface area contributed by atoms with Gasteiger partial charge in [-0.05, 0) is 178 Å². The average molecular weight is 1640 g/mol. The van der Waals surface area contributed by atoms with E-state index in [0.29, 0.717) is 16.2 Å². The Morgan fingerprint density at radius 2 is 0.414 bits per heavy atom. The van der Waals surface area contributed by atoms with Crippen molar-refractivity contribution in [3.8, 4) is 84.3 Å². The van der Waals surface area contributed by atoms with Crippen LogP contribution < -0.4 is 16.7 Å². The highest BCUT2D eigenvalue weighted by atomic mass is 16.1. The molecular formula is C117H76N8O3. The summed E-state index contributed by atoms with van der Waals surface area (Å²) in [6.07, 6.45) is 2.13. The van der Waals surface area contributed by atoms with E-state index in [0.717, 1.165) is 161 Å². The summed E-state index contributed by atoms with van der Waals surface area (Å²) >= 11 is 0. The fourth-order valence-electron chi connectivity index (χ4n) is 19.7. The Hall–Kier alpha value is -17.4. The van der Waals surface area contributed by atoms with Gasteiger partial charge in [-0.1, -0.05) is 322 Å². The van der Waals surface area contributed by atoms with Gasteiger partial charge in [0.2, 0.25) is 0 Å². The molecular weight excluding hydrogens is 1570 g/mol. The van der Waals surface area contributed by atoms with Crippen molar-refractivity contribution in [2.75, 3.05) is 0 Å². The Balaban J connectivity index is 0.000000108. The van der Waals surface area contributed by atoms with Crippen molar-refractivity contribution in [1.29, 1.82) is 0 Å². The maximum Gasteiger partial charge on any atom is 0.266 e. The molecule has 0 atom stereocenters. The van der Waals surface area contributed by atoms with Gasteiger partial charge in [-0.3, -0.25) is 36.9 Å². The van der Waals surface area contributed by atoms with Gasteiger partial charge in [0.05, 0.1) is 83.2 Å². The van der Waals surface area contributed by atoms with E-state index in [1.807, 2.05) is 171 Å². The number of hydrogen-bond acceptors (Lipinski definition) is 3. The van der Waals surface area contributed by atoms with Crippen LogP contribution in [0, 0.1) is 0 Å². The Morgan fingerprint density at radius 1 is 0.156 bits per heavy atom. The average Bonchev–Trinajstić information content (AvgIpc) is 1.54. The number of nitrogens with zero attached hydrogens (tertiary/aromatic N) is 8. The summed E-state index contributed by atoms with van der Waals surface area (Å²) < 4.78 is 17.0. The SMILES string of the molecule is O=c1c2cc(-c3ccc4c(c3)c3ccccc3n4-c3ccccc3)ccc2n2c(-c3ccccc3)c3ccccc3c2n1-c1ccccc1.O=c1c2cc(-c3ccc4c(c3)c3ccccc3n4-c3ccccc3)ccc2n2cc3ccccc3c2n1-c1ccccc1.O=c1c2cc(-c3ccccc3)ccc2n2c(-c3ccccc3)c3ccccc3c2n1-c1ccccc1. The second-order valence-electron chi connectivity index (χ2n) is 32.6. The fraction of sp³-hybridized carbons (Fsp3) is 0. The summed E-state index contributed by atoms with van der Waals surface area (Å²) in [6.45, 7) is 0. The molecule has 0 N–H and O–H groups in total. The van der Waals surface area contributed by atoms with E-state index in [4.69, 9.17) is 0 Å². The summed E-state index contributed by atoms with van der Waals surface area (Å²) in [5.74, 6) is 0. The van der Waals surface area contributed by atoms with Crippen LogP contribution in [0.2, 0.25) is 0 Å². The van der Waals surface area contributed by atoms with E-state index in [1.165, 1.54) is 32.6 Å². The first-order valence-corrected chi connectivity index (χ1v) is 43.2. The molecule has 11 heteroatoms. The van der Waals surface area contributed by atoms with Gasteiger partial charge in [-0.2, -0.15) is 0 Å². The third-order valence-corrected chi connectivity index (χ3v) is 25.4. The first-order chi connectivity index (χ1) is 63.3. The molecule has 18 aromatic carbocycles. The van der Waals surface area contributed by atoms with Crippen molar-refractivity contribution in [3.63, 3.8) is 0 Å². The van der Waals surface area contributed by atoms with Gasteiger partial charge in [0.25, 0.3) is 16.7 Å². The molecule has 0 saturated heterocycles. The van der Waals surface area contributed by atoms with E-state index >= 15 is 0 Å². The Kier molecular flexibility index (Phi) is 17.8. The highest BCUT2D eigenvalue weighted by Gasteiger charge is 2.27. The Morgan fingerprint density at radius 3 is 0.797 bits per heavy atom. The number of hydrogen-bond donors (Lipinski definition) is 0.